The molecular weight excluding hydrogens is 671 g/mol. The van der Waals surface area contributed by atoms with Crippen molar-refractivity contribution in [1.29, 1.82) is 0 Å². The summed E-state index contributed by atoms with van der Waals surface area (Å²) in [6.45, 7) is 18.0. The molecule has 2 heterocycles. The van der Waals surface area contributed by atoms with Gasteiger partial charge in [0.25, 0.3) is 0 Å². The van der Waals surface area contributed by atoms with Crippen LogP contribution in [0.15, 0.2) is 47.5 Å². The third kappa shape index (κ3) is 12.5. The molecule has 1 saturated carbocycles. The van der Waals surface area contributed by atoms with Gasteiger partial charge >= 0.3 is 0 Å². The Morgan fingerprint density at radius 2 is 1.10 bits per heavy atom. The molecule has 0 aromatic heterocycles. The van der Waals surface area contributed by atoms with E-state index in [1.54, 1.807) is 0 Å². The molecule has 0 N–H and O–H groups in total. The fourth-order valence-electron chi connectivity index (χ4n) is 7.30. The standard InChI is InChI=1S/C41H58N2O5.2ClH/c1-5-45-39-27-33(13-17-37(39)47-23-9-21-42-19-7-11-31(3)29-42)25-35-15-16-36(41(35)44)26-34-14-18-38(40(28-34)46-6-2)48-24-10-22-43-20-8-12-32(4)30-43;;/h13-14,17-18,25-28,31-32H,5-12,15-16,19-24,29-30H2,1-4H3;2*1H/b35-25+,36-26+;;. The maximum atomic E-state index is 13.5. The van der Waals surface area contributed by atoms with Crippen LogP contribution in [0.3, 0.4) is 0 Å². The minimum atomic E-state index is 0. The SMILES string of the molecule is CCOc1cc(/C=C2\CC/C(=C\c3ccc(OCCCN4CCCC(C)C4)c(OCC)c3)C2=O)ccc1OCCCN1CCCC(C)C1.Cl.Cl. The summed E-state index contributed by atoms with van der Waals surface area (Å²) in [7, 11) is 0. The Morgan fingerprint density at radius 3 is 1.50 bits per heavy atom. The number of piperidine rings is 2. The molecule has 0 bridgehead atoms. The number of likely N-dealkylation sites (tertiary alicyclic amines) is 2. The molecule has 1 aliphatic carbocycles. The molecule has 0 radical (unpaired) electrons. The second-order valence-corrected chi connectivity index (χ2v) is 13.9. The number of benzene rings is 2. The normalized spacial score (nSPS) is 21.5. The number of hydrogen-bond acceptors (Lipinski definition) is 7. The number of halogens is 2. The van der Waals surface area contributed by atoms with E-state index in [0.29, 0.717) is 26.4 Å². The van der Waals surface area contributed by atoms with Crippen molar-refractivity contribution in [2.75, 3.05) is 65.7 Å². The molecule has 5 rings (SSSR count). The highest BCUT2D eigenvalue weighted by Crippen LogP contribution is 2.35. The van der Waals surface area contributed by atoms with Crippen LogP contribution in [0.1, 0.15) is 90.2 Å². The maximum absolute atomic E-state index is 13.5. The smallest absolute Gasteiger partial charge is 0.185 e. The van der Waals surface area contributed by atoms with E-state index in [1.807, 2.05) is 62.4 Å². The average Bonchev–Trinajstić information content (AvgIpc) is 3.41. The minimum Gasteiger partial charge on any atom is -0.490 e. The number of nitrogens with zero attached hydrogens (tertiary/aromatic N) is 2. The predicted molar refractivity (Wildman–Crippen MR) is 210 cm³/mol. The van der Waals surface area contributed by atoms with Gasteiger partial charge in [0.15, 0.2) is 28.8 Å². The van der Waals surface area contributed by atoms with E-state index in [1.165, 1.54) is 51.9 Å². The Morgan fingerprint density at radius 1 is 0.660 bits per heavy atom. The first-order valence-corrected chi connectivity index (χ1v) is 18.6. The quantitative estimate of drug-likeness (QED) is 0.126. The highest BCUT2D eigenvalue weighted by Gasteiger charge is 2.24. The molecular formula is C41H60Cl2N2O5. The Balaban J connectivity index is 0.00000338. The number of carbonyl (C=O) groups is 1. The first-order chi connectivity index (χ1) is 23.4. The van der Waals surface area contributed by atoms with Gasteiger partial charge in [-0.2, -0.15) is 0 Å². The van der Waals surface area contributed by atoms with Gasteiger partial charge in [-0.05, 0) is 138 Å². The van der Waals surface area contributed by atoms with E-state index in [9.17, 15) is 4.79 Å². The van der Waals surface area contributed by atoms with Gasteiger partial charge in [0.05, 0.1) is 26.4 Å². The fraction of sp³-hybridized carbons (Fsp3) is 0.585. The topological polar surface area (TPSA) is 60.5 Å². The van der Waals surface area contributed by atoms with Crippen LogP contribution in [0.4, 0.5) is 0 Å². The van der Waals surface area contributed by atoms with Gasteiger partial charge in [-0.3, -0.25) is 4.79 Å². The van der Waals surface area contributed by atoms with Crippen molar-refractivity contribution in [2.24, 2.45) is 11.8 Å². The first kappa shape index (κ1) is 41.7. The number of allylic oxidation sites excluding steroid dienone is 2. The van der Waals surface area contributed by atoms with Crippen LogP contribution in [-0.2, 0) is 4.79 Å². The largest absolute Gasteiger partial charge is 0.490 e. The molecule has 2 aromatic rings. The molecule has 2 saturated heterocycles. The third-order valence-corrected chi connectivity index (χ3v) is 9.70. The van der Waals surface area contributed by atoms with E-state index in [2.05, 4.69) is 23.6 Å². The van der Waals surface area contributed by atoms with Crippen LogP contribution >= 0.6 is 24.8 Å². The van der Waals surface area contributed by atoms with Crippen molar-refractivity contribution in [2.45, 2.75) is 79.1 Å². The lowest BCUT2D eigenvalue weighted by Gasteiger charge is -2.30. The monoisotopic (exact) mass is 730 g/mol. The second kappa shape index (κ2) is 21.6. The van der Waals surface area contributed by atoms with E-state index >= 15 is 0 Å². The molecule has 2 unspecified atom stereocenters. The van der Waals surface area contributed by atoms with Crippen LogP contribution in [-0.4, -0.2) is 81.3 Å². The van der Waals surface area contributed by atoms with Gasteiger partial charge in [0, 0.05) is 37.3 Å². The molecule has 3 aliphatic rings. The molecule has 0 spiro atoms. The lowest BCUT2D eigenvalue weighted by molar-refractivity contribution is -0.111. The van der Waals surface area contributed by atoms with Crippen molar-refractivity contribution in [1.82, 2.24) is 9.80 Å². The molecule has 2 aliphatic heterocycles. The Labute approximate surface area is 313 Å². The van der Waals surface area contributed by atoms with Crippen molar-refractivity contribution >= 4 is 42.7 Å². The Bertz CT molecular complexity index is 1310. The number of rotatable bonds is 16. The number of carbonyl (C=O) groups excluding carboxylic acids is 1. The lowest BCUT2D eigenvalue weighted by atomic mass is 10.0. The van der Waals surface area contributed by atoms with Crippen LogP contribution in [0.2, 0.25) is 0 Å². The van der Waals surface area contributed by atoms with Gasteiger partial charge in [-0.25, -0.2) is 0 Å². The summed E-state index contributed by atoms with van der Waals surface area (Å²) < 4.78 is 24.2. The highest BCUT2D eigenvalue weighted by molar-refractivity contribution is 6.15. The zero-order valence-electron chi connectivity index (χ0n) is 30.8. The molecule has 2 atom stereocenters. The minimum absolute atomic E-state index is 0. The zero-order chi connectivity index (χ0) is 33.7. The maximum Gasteiger partial charge on any atom is 0.185 e. The third-order valence-electron chi connectivity index (χ3n) is 9.70. The molecule has 7 nitrogen and oxygen atoms in total. The fourth-order valence-corrected chi connectivity index (χ4v) is 7.30. The molecule has 2 aromatic carbocycles. The van der Waals surface area contributed by atoms with Gasteiger partial charge in [0.2, 0.25) is 0 Å². The summed E-state index contributed by atoms with van der Waals surface area (Å²) in [4.78, 5) is 18.6. The first-order valence-electron chi connectivity index (χ1n) is 18.6. The number of ketones is 1. The zero-order valence-corrected chi connectivity index (χ0v) is 32.4. The van der Waals surface area contributed by atoms with Crippen LogP contribution in [0, 0.1) is 11.8 Å². The van der Waals surface area contributed by atoms with Gasteiger partial charge < -0.3 is 28.7 Å². The van der Waals surface area contributed by atoms with Gasteiger partial charge in [-0.1, -0.05) is 26.0 Å². The van der Waals surface area contributed by atoms with Crippen molar-refractivity contribution < 1.29 is 23.7 Å². The Kier molecular flexibility index (Phi) is 18.0. The van der Waals surface area contributed by atoms with Crippen LogP contribution < -0.4 is 18.9 Å². The molecule has 3 fully saturated rings. The number of ether oxygens (including phenoxy) is 4. The summed E-state index contributed by atoms with van der Waals surface area (Å²) >= 11 is 0. The lowest BCUT2D eigenvalue weighted by Crippen LogP contribution is -2.35. The van der Waals surface area contributed by atoms with Crippen molar-refractivity contribution in [3.63, 3.8) is 0 Å². The van der Waals surface area contributed by atoms with Crippen molar-refractivity contribution in [3.8, 4) is 23.0 Å². The number of hydrogen-bond donors (Lipinski definition) is 0. The van der Waals surface area contributed by atoms with Crippen LogP contribution in [0.25, 0.3) is 12.2 Å². The highest BCUT2D eigenvalue weighted by atomic mass is 35.5. The summed E-state index contributed by atoms with van der Waals surface area (Å²) in [6.07, 6.45) is 12.7. The van der Waals surface area contributed by atoms with E-state index in [0.717, 1.165) is 95.9 Å². The van der Waals surface area contributed by atoms with Crippen LogP contribution in [0.5, 0.6) is 23.0 Å². The van der Waals surface area contributed by atoms with Gasteiger partial charge in [0.1, 0.15) is 0 Å². The molecule has 0 amide bonds. The van der Waals surface area contributed by atoms with E-state index in [-0.39, 0.29) is 30.6 Å². The summed E-state index contributed by atoms with van der Waals surface area (Å²) in [5, 5.41) is 0. The predicted octanol–water partition coefficient (Wildman–Crippen LogP) is 9.16. The second-order valence-electron chi connectivity index (χ2n) is 13.9. The average molecular weight is 732 g/mol. The van der Waals surface area contributed by atoms with Crippen molar-refractivity contribution in [3.05, 3.63) is 58.7 Å². The molecule has 278 valence electrons. The molecule has 50 heavy (non-hydrogen) atoms. The molecule has 9 heteroatoms. The van der Waals surface area contributed by atoms with Gasteiger partial charge in [-0.15, -0.1) is 24.8 Å². The Hall–Kier alpha value is -2.71. The summed E-state index contributed by atoms with van der Waals surface area (Å²) in [5.41, 5.74) is 3.54. The van der Waals surface area contributed by atoms with E-state index < -0.39 is 0 Å². The van der Waals surface area contributed by atoms with E-state index in [4.69, 9.17) is 18.9 Å². The summed E-state index contributed by atoms with van der Waals surface area (Å²) in [6, 6.07) is 12.0. The number of Topliss-reactive ketones (excluding diaryl/α,β-unsaturated/α-hetero) is 1. The summed E-state index contributed by atoms with van der Waals surface area (Å²) in [5.74, 6) is 4.66.